The maximum Gasteiger partial charge on any atom is 0.233 e. The molecule has 0 radical (unpaired) electrons. The van der Waals surface area contributed by atoms with Gasteiger partial charge in [-0.2, -0.15) is 0 Å². The monoisotopic (exact) mass is 280 g/mol. The average Bonchev–Trinajstić information content (AvgIpc) is 2.34. The molecule has 1 rings (SSSR count). The van der Waals surface area contributed by atoms with E-state index < -0.39 is 0 Å². The molecule has 1 amide bonds. The number of aryl methyl sites for hydroxylation is 1. The van der Waals surface area contributed by atoms with E-state index in [9.17, 15) is 4.79 Å². The Hall–Kier alpha value is -1.16. The Kier molecular flexibility index (Phi) is 6.22. The normalized spacial score (nSPS) is 13.9. The van der Waals surface area contributed by atoms with Crippen LogP contribution in [0.5, 0.6) is 0 Å². The van der Waals surface area contributed by atoms with Gasteiger partial charge in [0.05, 0.1) is 5.25 Å². The lowest BCUT2D eigenvalue weighted by molar-refractivity contribution is -0.120. The molecule has 0 saturated carbocycles. The first-order valence-electron chi connectivity index (χ1n) is 6.77. The topological polar surface area (TPSA) is 55.1 Å². The molecule has 106 valence electrons. The Morgan fingerprint density at radius 3 is 2.68 bits per heavy atom. The molecule has 0 saturated heterocycles. The highest BCUT2D eigenvalue weighted by atomic mass is 32.2. The number of amides is 1. The fraction of sp³-hybridized carbons (Fsp3) is 0.533. The number of nitrogens with one attached hydrogen (secondary N) is 1. The zero-order valence-electron chi connectivity index (χ0n) is 12.2. The molecule has 0 heterocycles. The van der Waals surface area contributed by atoms with Crippen molar-refractivity contribution in [1.82, 2.24) is 5.32 Å². The SMILES string of the molecule is CCCC(C)NC(=O)C(C)Sc1ccc(N)c(C)c1. The van der Waals surface area contributed by atoms with Gasteiger partial charge in [-0.25, -0.2) is 0 Å². The third-order valence-electron chi connectivity index (χ3n) is 3.03. The predicted molar refractivity (Wildman–Crippen MR) is 83.4 cm³/mol. The van der Waals surface area contributed by atoms with E-state index in [1.54, 1.807) is 11.8 Å². The Morgan fingerprint density at radius 1 is 1.42 bits per heavy atom. The lowest BCUT2D eigenvalue weighted by atomic mass is 10.2. The number of rotatable bonds is 6. The van der Waals surface area contributed by atoms with Crippen molar-refractivity contribution in [2.75, 3.05) is 5.73 Å². The molecule has 1 aromatic carbocycles. The number of hydrogen-bond acceptors (Lipinski definition) is 3. The summed E-state index contributed by atoms with van der Waals surface area (Å²) in [5.74, 6) is 0.0976. The summed E-state index contributed by atoms with van der Waals surface area (Å²) >= 11 is 1.57. The number of carbonyl (C=O) groups excluding carboxylic acids is 1. The molecule has 0 bridgehead atoms. The minimum Gasteiger partial charge on any atom is -0.399 e. The van der Waals surface area contributed by atoms with Gasteiger partial charge in [-0.15, -0.1) is 11.8 Å². The van der Waals surface area contributed by atoms with Gasteiger partial charge in [-0.1, -0.05) is 13.3 Å². The van der Waals surface area contributed by atoms with Crippen LogP contribution in [0.3, 0.4) is 0 Å². The van der Waals surface area contributed by atoms with Crippen molar-refractivity contribution in [2.24, 2.45) is 0 Å². The van der Waals surface area contributed by atoms with Crippen LogP contribution in [0.25, 0.3) is 0 Å². The fourth-order valence-electron chi connectivity index (χ4n) is 1.84. The van der Waals surface area contributed by atoms with Crippen LogP contribution >= 0.6 is 11.8 Å². The van der Waals surface area contributed by atoms with E-state index in [-0.39, 0.29) is 17.2 Å². The fourth-order valence-corrected chi connectivity index (χ4v) is 2.82. The van der Waals surface area contributed by atoms with E-state index >= 15 is 0 Å². The van der Waals surface area contributed by atoms with Crippen LogP contribution < -0.4 is 11.1 Å². The van der Waals surface area contributed by atoms with E-state index in [1.807, 2.05) is 39.0 Å². The highest BCUT2D eigenvalue weighted by Gasteiger charge is 2.16. The smallest absolute Gasteiger partial charge is 0.233 e. The maximum absolute atomic E-state index is 12.0. The summed E-state index contributed by atoms with van der Waals surface area (Å²) in [6.45, 7) is 8.09. The van der Waals surface area contributed by atoms with Gasteiger partial charge >= 0.3 is 0 Å². The third-order valence-corrected chi connectivity index (χ3v) is 4.13. The second-order valence-electron chi connectivity index (χ2n) is 4.98. The first-order valence-corrected chi connectivity index (χ1v) is 7.65. The van der Waals surface area contributed by atoms with Crippen molar-refractivity contribution in [2.45, 2.75) is 56.7 Å². The lowest BCUT2D eigenvalue weighted by Gasteiger charge is -2.17. The van der Waals surface area contributed by atoms with Gasteiger partial charge in [-0.3, -0.25) is 4.79 Å². The largest absolute Gasteiger partial charge is 0.399 e. The summed E-state index contributed by atoms with van der Waals surface area (Å²) in [6.07, 6.45) is 2.10. The van der Waals surface area contributed by atoms with Gasteiger partial charge in [0, 0.05) is 16.6 Å². The summed E-state index contributed by atoms with van der Waals surface area (Å²) in [6, 6.07) is 6.13. The van der Waals surface area contributed by atoms with Gasteiger partial charge in [0.2, 0.25) is 5.91 Å². The predicted octanol–water partition coefficient (Wildman–Crippen LogP) is 3.36. The van der Waals surface area contributed by atoms with Crippen LogP contribution in [0.4, 0.5) is 5.69 Å². The van der Waals surface area contributed by atoms with Gasteiger partial charge < -0.3 is 11.1 Å². The van der Waals surface area contributed by atoms with E-state index in [0.29, 0.717) is 0 Å². The minimum absolute atomic E-state index is 0.0951. The number of thioether (sulfide) groups is 1. The van der Waals surface area contributed by atoms with Gasteiger partial charge in [-0.05, 0) is 51.0 Å². The molecule has 3 N–H and O–H groups in total. The van der Waals surface area contributed by atoms with Gasteiger partial charge in [0.25, 0.3) is 0 Å². The molecule has 4 heteroatoms. The summed E-state index contributed by atoms with van der Waals surface area (Å²) in [7, 11) is 0. The van der Waals surface area contributed by atoms with E-state index in [1.165, 1.54) is 0 Å². The summed E-state index contributed by atoms with van der Waals surface area (Å²) < 4.78 is 0. The molecule has 19 heavy (non-hydrogen) atoms. The van der Waals surface area contributed by atoms with E-state index in [2.05, 4.69) is 12.2 Å². The van der Waals surface area contributed by atoms with Gasteiger partial charge in [0.1, 0.15) is 0 Å². The molecule has 2 atom stereocenters. The van der Waals surface area contributed by atoms with Crippen molar-refractivity contribution >= 4 is 23.4 Å². The Bertz CT molecular complexity index is 434. The molecular formula is C15H24N2OS. The van der Waals surface area contributed by atoms with Crippen molar-refractivity contribution < 1.29 is 4.79 Å². The van der Waals surface area contributed by atoms with Crippen LogP contribution in [0.1, 0.15) is 39.2 Å². The number of carbonyl (C=O) groups is 1. The minimum atomic E-state index is -0.0951. The van der Waals surface area contributed by atoms with Gasteiger partial charge in [0.15, 0.2) is 0 Å². The Morgan fingerprint density at radius 2 is 2.11 bits per heavy atom. The maximum atomic E-state index is 12.0. The van der Waals surface area contributed by atoms with Crippen LogP contribution in [0, 0.1) is 6.92 Å². The first kappa shape index (κ1) is 15.9. The highest BCUT2D eigenvalue weighted by Crippen LogP contribution is 2.26. The molecule has 0 aromatic heterocycles. The first-order chi connectivity index (χ1) is 8.93. The molecule has 0 aliphatic carbocycles. The number of nitrogens with two attached hydrogens (primary N) is 1. The third kappa shape index (κ3) is 5.15. The molecule has 0 fully saturated rings. The second-order valence-corrected chi connectivity index (χ2v) is 6.39. The van der Waals surface area contributed by atoms with Crippen molar-refractivity contribution in [3.63, 3.8) is 0 Å². The van der Waals surface area contributed by atoms with Crippen LogP contribution in [0.2, 0.25) is 0 Å². The van der Waals surface area contributed by atoms with Crippen molar-refractivity contribution in [1.29, 1.82) is 0 Å². The van der Waals surface area contributed by atoms with Crippen LogP contribution in [-0.4, -0.2) is 17.2 Å². The number of hydrogen-bond donors (Lipinski definition) is 2. The van der Waals surface area contributed by atoms with Crippen LogP contribution in [-0.2, 0) is 4.79 Å². The average molecular weight is 280 g/mol. The Labute approximate surface area is 120 Å². The molecule has 1 aromatic rings. The number of nitrogen functional groups attached to an aromatic ring is 1. The molecule has 0 spiro atoms. The highest BCUT2D eigenvalue weighted by molar-refractivity contribution is 8.00. The number of benzene rings is 1. The molecule has 2 unspecified atom stereocenters. The van der Waals surface area contributed by atoms with Crippen LogP contribution in [0.15, 0.2) is 23.1 Å². The van der Waals surface area contributed by atoms with E-state index in [4.69, 9.17) is 5.73 Å². The molecule has 3 nitrogen and oxygen atoms in total. The summed E-state index contributed by atoms with van der Waals surface area (Å²) in [5, 5.41) is 2.95. The Balaban J connectivity index is 2.56. The quantitative estimate of drug-likeness (QED) is 0.620. The lowest BCUT2D eigenvalue weighted by Crippen LogP contribution is -2.37. The standard InChI is InChI=1S/C15H24N2OS/c1-5-6-11(3)17-15(18)12(4)19-13-7-8-14(16)10(2)9-13/h7-9,11-12H,5-6,16H2,1-4H3,(H,17,18). The van der Waals surface area contributed by atoms with E-state index in [0.717, 1.165) is 29.0 Å². The summed E-state index contributed by atoms with van der Waals surface area (Å²) in [4.78, 5) is 13.1. The number of anilines is 1. The van der Waals surface area contributed by atoms with Crippen molar-refractivity contribution in [3.05, 3.63) is 23.8 Å². The molecule has 0 aliphatic heterocycles. The second kappa shape index (κ2) is 7.43. The molecular weight excluding hydrogens is 256 g/mol. The zero-order valence-corrected chi connectivity index (χ0v) is 13.0. The van der Waals surface area contributed by atoms with Crippen molar-refractivity contribution in [3.8, 4) is 0 Å². The molecule has 0 aliphatic rings. The summed E-state index contributed by atoms with van der Waals surface area (Å²) in [5.41, 5.74) is 7.63. The zero-order chi connectivity index (χ0) is 14.4.